The van der Waals surface area contributed by atoms with Crippen molar-refractivity contribution in [1.29, 1.82) is 0 Å². The van der Waals surface area contributed by atoms with Gasteiger partial charge in [-0.15, -0.1) is 0 Å². The Bertz CT molecular complexity index is 1130. The van der Waals surface area contributed by atoms with Crippen molar-refractivity contribution in [1.82, 2.24) is 0 Å². The van der Waals surface area contributed by atoms with Crippen molar-refractivity contribution >= 4 is 17.9 Å². The largest absolute Gasteiger partial charge is 0.472 e. The molecule has 0 N–H and O–H groups in total. The lowest BCUT2D eigenvalue weighted by molar-refractivity contribution is -0.226. The van der Waals surface area contributed by atoms with Crippen molar-refractivity contribution < 1.29 is 33.0 Å². The average Bonchev–Trinajstić information content (AvgIpc) is 3.40. The Balaban J connectivity index is 1.68. The maximum absolute atomic E-state index is 13.0. The van der Waals surface area contributed by atoms with Crippen LogP contribution in [0.15, 0.2) is 34.7 Å². The lowest BCUT2D eigenvalue weighted by Gasteiger charge is -2.66. The highest BCUT2D eigenvalue weighted by molar-refractivity contribution is 5.73. The molecule has 7 heteroatoms. The highest BCUT2D eigenvalue weighted by Gasteiger charge is 2.71. The summed E-state index contributed by atoms with van der Waals surface area (Å²) < 4.78 is 23.6. The summed E-state index contributed by atoms with van der Waals surface area (Å²) >= 11 is 0. The monoisotopic (exact) mass is 512 g/mol. The second-order valence-electron chi connectivity index (χ2n) is 12.9. The molecular formula is C30H40O7. The second kappa shape index (κ2) is 8.47. The number of hydrogen-bond acceptors (Lipinski definition) is 7. The average molecular weight is 513 g/mol. The Morgan fingerprint density at radius 1 is 1.00 bits per heavy atom. The van der Waals surface area contributed by atoms with E-state index in [0.717, 1.165) is 19.3 Å². The Morgan fingerprint density at radius 3 is 2.30 bits per heavy atom. The van der Waals surface area contributed by atoms with E-state index in [1.165, 1.54) is 25.0 Å². The van der Waals surface area contributed by atoms with Gasteiger partial charge in [-0.25, -0.2) is 0 Å². The van der Waals surface area contributed by atoms with Gasteiger partial charge in [0.1, 0.15) is 17.8 Å². The SMILES string of the molecule is CC(=O)OC1CC2C(C)(C)OC(=O)CC(OC(C)=O)C2(C)C2CCC3(C)C(=CCC3c3ccoc3)C12C. The minimum absolute atomic E-state index is 0.00338. The molecule has 1 saturated heterocycles. The van der Waals surface area contributed by atoms with Crippen molar-refractivity contribution in [3.05, 3.63) is 35.8 Å². The molecule has 7 nitrogen and oxygen atoms in total. The molecule has 5 rings (SSSR count). The summed E-state index contributed by atoms with van der Waals surface area (Å²) in [5, 5.41) is 0. The van der Waals surface area contributed by atoms with Gasteiger partial charge >= 0.3 is 17.9 Å². The quantitative estimate of drug-likeness (QED) is 0.290. The van der Waals surface area contributed by atoms with Crippen LogP contribution in [0.25, 0.3) is 0 Å². The van der Waals surface area contributed by atoms with Crippen LogP contribution in [-0.2, 0) is 28.6 Å². The van der Waals surface area contributed by atoms with Gasteiger partial charge in [-0.2, -0.15) is 0 Å². The van der Waals surface area contributed by atoms with Crippen molar-refractivity contribution in [2.75, 3.05) is 0 Å². The predicted molar refractivity (Wildman–Crippen MR) is 135 cm³/mol. The number of rotatable bonds is 3. The van der Waals surface area contributed by atoms with Crippen LogP contribution in [0.4, 0.5) is 0 Å². The molecule has 0 amide bonds. The number of furan rings is 1. The number of allylic oxidation sites excluding steroid dienone is 1. The van der Waals surface area contributed by atoms with Crippen LogP contribution >= 0.6 is 0 Å². The van der Waals surface area contributed by atoms with Gasteiger partial charge < -0.3 is 18.6 Å². The lowest BCUT2D eigenvalue weighted by atomic mass is 9.39. The van der Waals surface area contributed by atoms with Gasteiger partial charge in [0.15, 0.2) is 0 Å². The molecule has 3 aliphatic carbocycles. The molecule has 37 heavy (non-hydrogen) atoms. The van der Waals surface area contributed by atoms with Crippen molar-refractivity contribution in [3.63, 3.8) is 0 Å². The van der Waals surface area contributed by atoms with Crippen molar-refractivity contribution in [2.45, 2.75) is 104 Å². The second-order valence-corrected chi connectivity index (χ2v) is 12.9. The first-order valence-corrected chi connectivity index (χ1v) is 13.5. The Kier molecular flexibility index (Phi) is 5.96. The number of hydrogen-bond donors (Lipinski definition) is 0. The third-order valence-corrected chi connectivity index (χ3v) is 10.6. The number of carbonyl (C=O) groups excluding carboxylic acids is 3. The molecule has 0 spiro atoms. The standard InChI is InChI=1S/C30H40O7/c1-17(31)35-24-14-23-27(3,4)37-26(33)15-25(36-18(2)32)30(23,7)22-10-12-28(5)20(19-11-13-34-16-19)8-9-21(28)29(22,24)6/h9,11,13,16,20,22-25H,8,10,12,14-15H2,1-7H3. The van der Waals surface area contributed by atoms with Crippen LogP contribution in [0.1, 0.15) is 92.1 Å². The first-order chi connectivity index (χ1) is 17.2. The Morgan fingerprint density at radius 2 is 1.68 bits per heavy atom. The molecule has 4 aliphatic rings. The number of ether oxygens (including phenoxy) is 3. The molecule has 8 unspecified atom stereocenters. The van der Waals surface area contributed by atoms with Gasteiger partial charge in [-0.3, -0.25) is 14.4 Å². The van der Waals surface area contributed by atoms with Crippen LogP contribution < -0.4 is 0 Å². The van der Waals surface area contributed by atoms with E-state index in [-0.39, 0.29) is 41.5 Å². The first-order valence-electron chi connectivity index (χ1n) is 13.5. The Labute approximate surface area is 219 Å². The summed E-state index contributed by atoms with van der Waals surface area (Å²) in [7, 11) is 0. The van der Waals surface area contributed by atoms with Gasteiger partial charge in [0.2, 0.25) is 0 Å². The van der Waals surface area contributed by atoms with Crippen LogP contribution in [0.3, 0.4) is 0 Å². The van der Waals surface area contributed by atoms with Gasteiger partial charge in [-0.05, 0) is 68.4 Å². The lowest BCUT2D eigenvalue weighted by Crippen LogP contribution is -2.66. The third-order valence-electron chi connectivity index (χ3n) is 10.6. The fourth-order valence-electron chi connectivity index (χ4n) is 9.28. The highest BCUT2D eigenvalue weighted by Crippen LogP contribution is 2.72. The molecule has 0 bridgehead atoms. The number of cyclic esters (lactones) is 1. The van der Waals surface area contributed by atoms with E-state index in [1.54, 1.807) is 6.26 Å². The van der Waals surface area contributed by atoms with Crippen LogP contribution in [-0.4, -0.2) is 35.7 Å². The zero-order chi connectivity index (χ0) is 27.0. The summed E-state index contributed by atoms with van der Waals surface area (Å²) in [6.07, 6.45) is 8.13. The van der Waals surface area contributed by atoms with Crippen LogP contribution in [0.5, 0.6) is 0 Å². The van der Waals surface area contributed by atoms with E-state index in [0.29, 0.717) is 6.42 Å². The van der Waals surface area contributed by atoms with E-state index >= 15 is 0 Å². The zero-order valence-electron chi connectivity index (χ0n) is 23.1. The van der Waals surface area contributed by atoms with Gasteiger partial charge in [0.25, 0.3) is 0 Å². The Hall–Kier alpha value is -2.57. The smallest absolute Gasteiger partial charge is 0.310 e. The first kappa shape index (κ1) is 26.1. The number of fused-ring (bicyclic) bond motifs is 5. The topological polar surface area (TPSA) is 92.0 Å². The molecule has 1 aromatic heterocycles. The maximum Gasteiger partial charge on any atom is 0.310 e. The molecule has 2 saturated carbocycles. The maximum atomic E-state index is 13.0. The summed E-state index contributed by atoms with van der Waals surface area (Å²) in [5.74, 6) is -0.966. The van der Waals surface area contributed by atoms with Gasteiger partial charge in [0.05, 0.1) is 18.9 Å². The molecule has 0 radical (unpaired) electrons. The molecule has 0 aromatic carbocycles. The summed E-state index contributed by atoms with van der Waals surface area (Å²) in [6, 6.07) is 2.05. The minimum atomic E-state index is -0.815. The molecular weight excluding hydrogens is 472 g/mol. The summed E-state index contributed by atoms with van der Waals surface area (Å²) in [5.41, 5.74) is 0.494. The fourth-order valence-corrected chi connectivity index (χ4v) is 9.28. The normalized spacial score (nSPS) is 42.3. The number of carbonyl (C=O) groups is 3. The van der Waals surface area contributed by atoms with Crippen LogP contribution in [0, 0.1) is 28.1 Å². The molecule has 1 aromatic rings. The summed E-state index contributed by atoms with van der Waals surface area (Å²) in [4.78, 5) is 37.7. The van der Waals surface area contributed by atoms with Gasteiger partial charge in [0, 0.05) is 30.6 Å². The van der Waals surface area contributed by atoms with E-state index in [1.807, 2.05) is 20.1 Å². The molecule has 8 atom stereocenters. The third kappa shape index (κ3) is 3.70. The van der Waals surface area contributed by atoms with E-state index in [9.17, 15) is 14.4 Å². The van der Waals surface area contributed by atoms with Crippen molar-refractivity contribution in [2.24, 2.45) is 28.1 Å². The zero-order valence-corrected chi connectivity index (χ0v) is 23.1. The van der Waals surface area contributed by atoms with Crippen molar-refractivity contribution in [3.8, 4) is 0 Å². The molecule has 1 aliphatic heterocycles. The van der Waals surface area contributed by atoms with E-state index in [4.69, 9.17) is 18.6 Å². The minimum Gasteiger partial charge on any atom is -0.472 e. The molecule has 3 fully saturated rings. The predicted octanol–water partition coefficient (Wildman–Crippen LogP) is 5.73. The van der Waals surface area contributed by atoms with E-state index in [2.05, 4.69) is 32.9 Å². The number of esters is 3. The van der Waals surface area contributed by atoms with Crippen LogP contribution in [0.2, 0.25) is 0 Å². The van der Waals surface area contributed by atoms with Gasteiger partial charge in [-0.1, -0.05) is 32.4 Å². The fraction of sp³-hybridized carbons (Fsp3) is 0.700. The summed E-state index contributed by atoms with van der Waals surface area (Å²) in [6.45, 7) is 13.5. The molecule has 2 heterocycles. The van der Waals surface area contributed by atoms with E-state index < -0.39 is 34.6 Å². The highest BCUT2D eigenvalue weighted by atomic mass is 16.6. The molecule has 202 valence electrons.